The lowest BCUT2D eigenvalue weighted by Gasteiger charge is -1.98. The second kappa shape index (κ2) is 4.99. The van der Waals surface area contributed by atoms with Crippen LogP contribution in [0.3, 0.4) is 0 Å². The fraction of sp³-hybridized carbons (Fsp3) is 0. The maximum absolute atomic E-state index is 11.5. The molecule has 6 nitrogen and oxygen atoms in total. The number of cyclic esters (lactones) is 4. The first kappa shape index (κ1) is 14.1. The molecular formula is C18H8O6. The minimum Gasteiger partial charge on any atom is -0.386 e. The summed E-state index contributed by atoms with van der Waals surface area (Å²) in [5, 5.41) is 0. The highest BCUT2D eigenvalue weighted by molar-refractivity contribution is 6.15. The van der Waals surface area contributed by atoms with Crippen LogP contribution in [0.1, 0.15) is 52.6 Å². The monoisotopic (exact) mass is 320 g/mol. The Labute approximate surface area is 135 Å². The molecule has 2 heterocycles. The largest absolute Gasteiger partial charge is 0.386 e. The maximum atomic E-state index is 11.5. The molecule has 24 heavy (non-hydrogen) atoms. The lowest BCUT2D eigenvalue weighted by Crippen LogP contribution is -1.96. The summed E-state index contributed by atoms with van der Waals surface area (Å²) in [6, 6.07) is 9.54. The predicted molar refractivity (Wildman–Crippen MR) is 81.3 cm³/mol. The van der Waals surface area contributed by atoms with E-state index in [0.29, 0.717) is 11.1 Å². The highest BCUT2D eigenvalue weighted by atomic mass is 16.6. The zero-order chi connectivity index (χ0) is 16.8. The summed E-state index contributed by atoms with van der Waals surface area (Å²) in [4.78, 5) is 45.9. The second-order valence-corrected chi connectivity index (χ2v) is 5.30. The van der Waals surface area contributed by atoms with Gasteiger partial charge in [0.05, 0.1) is 22.3 Å². The van der Waals surface area contributed by atoms with Crippen LogP contribution in [0.5, 0.6) is 0 Å². The molecule has 0 saturated carbocycles. The first-order valence-corrected chi connectivity index (χ1v) is 7.02. The van der Waals surface area contributed by atoms with Gasteiger partial charge in [0.15, 0.2) is 0 Å². The molecule has 0 saturated heterocycles. The molecule has 0 spiro atoms. The maximum Gasteiger partial charge on any atom is 0.346 e. The summed E-state index contributed by atoms with van der Waals surface area (Å²) in [5.74, 6) is -2.62. The number of carbonyl (C=O) groups excluding carboxylic acids is 4. The average molecular weight is 320 g/mol. The number of carbonyl (C=O) groups is 4. The number of esters is 4. The van der Waals surface area contributed by atoms with Gasteiger partial charge in [-0.05, 0) is 35.4 Å². The summed E-state index contributed by atoms with van der Waals surface area (Å²) in [6.07, 6.45) is 3.44. The summed E-state index contributed by atoms with van der Waals surface area (Å²) >= 11 is 0. The molecule has 4 rings (SSSR count). The Morgan fingerprint density at radius 1 is 0.542 bits per heavy atom. The van der Waals surface area contributed by atoms with Gasteiger partial charge in [-0.15, -0.1) is 0 Å². The van der Waals surface area contributed by atoms with Crippen LogP contribution in [0.4, 0.5) is 0 Å². The zero-order valence-corrected chi connectivity index (χ0v) is 12.1. The van der Waals surface area contributed by atoms with E-state index in [2.05, 4.69) is 9.47 Å². The van der Waals surface area contributed by atoms with Gasteiger partial charge in [-0.3, -0.25) is 0 Å². The molecule has 2 aromatic carbocycles. The number of hydrogen-bond acceptors (Lipinski definition) is 6. The number of rotatable bonds is 2. The Bertz CT molecular complexity index is 903. The Kier molecular flexibility index (Phi) is 2.93. The molecule has 6 heteroatoms. The van der Waals surface area contributed by atoms with E-state index in [-0.39, 0.29) is 22.3 Å². The topological polar surface area (TPSA) is 86.7 Å². The van der Waals surface area contributed by atoms with Crippen molar-refractivity contribution in [2.75, 3.05) is 0 Å². The van der Waals surface area contributed by atoms with Crippen molar-refractivity contribution < 1.29 is 28.7 Å². The van der Waals surface area contributed by atoms with Gasteiger partial charge in [-0.2, -0.15) is 0 Å². The van der Waals surface area contributed by atoms with Crippen LogP contribution in [-0.2, 0) is 9.47 Å². The highest BCUT2D eigenvalue weighted by Crippen LogP contribution is 2.24. The molecule has 0 aliphatic carbocycles. The van der Waals surface area contributed by atoms with Gasteiger partial charge in [0.25, 0.3) is 0 Å². The SMILES string of the molecule is O=C1OC(=O)c2cc(/C=C/c3ccc4c(c3)C(=O)OC4=O)ccc21. The van der Waals surface area contributed by atoms with Gasteiger partial charge < -0.3 is 9.47 Å². The van der Waals surface area contributed by atoms with Gasteiger partial charge in [-0.25, -0.2) is 19.2 Å². The van der Waals surface area contributed by atoms with Crippen molar-refractivity contribution in [2.45, 2.75) is 0 Å². The van der Waals surface area contributed by atoms with E-state index in [1.165, 1.54) is 12.1 Å². The Morgan fingerprint density at radius 3 is 1.33 bits per heavy atom. The molecule has 116 valence electrons. The molecule has 0 amide bonds. The highest BCUT2D eigenvalue weighted by Gasteiger charge is 2.30. The van der Waals surface area contributed by atoms with E-state index in [9.17, 15) is 19.2 Å². The number of hydrogen-bond donors (Lipinski definition) is 0. The average Bonchev–Trinajstić information content (AvgIpc) is 3.02. The quantitative estimate of drug-likeness (QED) is 0.480. The number of fused-ring (bicyclic) bond motifs is 2. The van der Waals surface area contributed by atoms with E-state index in [4.69, 9.17) is 0 Å². The Hall–Kier alpha value is -3.54. The minimum atomic E-state index is -0.663. The molecule has 2 aliphatic heterocycles. The van der Waals surface area contributed by atoms with Gasteiger partial charge in [0.2, 0.25) is 0 Å². The number of benzene rings is 2. The van der Waals surface area contributed by atoms with E-state index in [1.807, 2.05) is 0 Å². The molecular weight excluding hydrogens is 312 g/mol. The molecule has 2 aliphatic rings. The molecule has 0 fully saturated rings. The molecule has 0 unspecified atom stereocenters. The first-order chi connectivity index (χ1) is 11.5. The van der Waals surface area contributed by atoms with Crippen molar-refractivity contribution in [3.05, 3.63) is 69.8 Å². The van der Waals surface area contributed by atoms with E-state index < -0.39 is 23.9 Å². The summed E-state index contributed by atoms with van der Waals surface area (Å²) in [7, 11) is 0. The van der Waals surface area contributed by atoms with Crippen LogP contribution < -0.4 is 0 Å². The van der Waals surface area contributed by atoms with Gasteiger partial charge in [0.1, 0.15) is 0 Å². The molecule has 0 N–H and O–H groups in total. The van der Waals surface area contributed by atoms with E-state index in [1.54, 1.807) is 36.4 Å². The van der Waals surface area contributed by atoms with E-state index >= 15 is 0 Å². The third kappa shape index (κ3) is 2.13. The standard InChI is InChI=1S/C18H8O6/c19-15-11-5-3-9(7-13(11)17(21)23-15)1-2-10-4-6-12-14(8-10)18(22)24-16(12)20/h1-8H/b2-1+. The Balaban J connectivity index is 1.65. The molecule has 0 atom stereocenters. The smallest absolute Gasteiger partial charge is 0.346 e. The van der Waals surface area contributed by atoms with Crippen LogP contribution in [-0.4, -0.2) is 23.9 Å². The molecule has 2 aromatic rings. The summed E-state index contributed by atoms with van der Waals surface area (Å²) in [6.45, 7) is 0. The molecule has 0 bridgehead atoms. The van der Waals surface area contributed by atoms with Crippen LogP contribution in [0, 0.1) is 0 Å². The fourth-order valence-electron chi connectivity index (χ4n) is 2.61. The molecule has 0 radical (unpaired) electrons. The lowest BCUT2D eigenvalue weighted by molar-refractivity contribution is 0.0425. The van der Waals surface area contributed by atoms with Gasteiger partial charge in [0, 0.05) is 0 Å². The van der Waals surface area contributed by atoms with Gasteiger partial charge in [-0.1, -0.05) is 24.3 Å². The zero-order valence-electron chi connectivity index (χ0n) is 12.1. The van der Waals surface area contributed by atoms with Gasteiger partial charge >= 0.3 is 23.9 Å². The van der Waals surface area contributed by atoms with Crippen molar-refractivity contribution in [2.24, 2.45) is 0 Å². The summed E-state index contributed by atoms with van der Waals surface area (Å²) < 4.78 is 9.07. The van der Waals surface area contributed by atoms with E-state index in [0.717, 1.165) is 0 Å². The van der Waals surface area contributed by atoms with Crippen molar-refractivity contribution in [3.8, 4) is 0 Å². The predicted octanol–water partition coefficient (Wildman–Crippen LogP) is 2.48. The lowest BCUT2D eigenvalue weighted by atomic mass is 10.0. The normalized spacial score (nSPS) is 15.5. The van der Waals surface area contributed by atoms with Crippen molar-refractivity contribution in [3.63, 3.8) is 0 Å². The summed E-state index contributed by atoms with van der Waals surface area (Å²) in [5.41, 5.74) is 2.33. The van der Waals surface area contributed by atoms with Crippen LogP contribution in [0.25, 0.3) is 12.2 Å². The second-order valence-electron chi connectivity index (χ2n) is 5.30. The van der Waals surface area contributed by atoms with Crippen molar-refractivity contribution >= 4 is 36.0 Å². The minimum absolute atomic E-state index is 0.227. The number of ether oxygens (including phenoxy) is 2. The fourth-order valence-corrected chi connectivity index (χ4v) is 2.61. The molecule has 0 aromatic heterocycles. The first-order valence-electron chi connectivity index (χ1n) is 7.02. The van der Waals surface area contributed by atoms with Crippen LogP contribution in [0.2, 0.25) is 0 Å². The third-order valence-corrected chi connectivity index (χ3v) is 3.81. The van der Waals surface area contributed by atoms with Crippen LogP contribution in [0.15, 0.2) is 36.4 Å². The van der Waals surface area contributed by atoms with Crippen LogP contribution >= 0.6 is 0 Å². The Morgan fingerprint density at radius 2 is 0.917 bits per heavy atom. The van der Waals surface area contributed by atoms with Crippen molar-refractivity contribution in [1.29, 1.82) is 0 Å². The third-order valence-electron chi connectivity index (χ3n) is 3.81. The van der Waals surface area contributed by atoms with Crippen molar-refractivity contribution in [1.82, 2.24) is 0 Å².